The van der Waals surface area contributed by atoms with Crippen molar-refractivity contribution in [3.63, 3.8) is 0 Å². The second kappa shape index (κ2) is 5.24. The summed E-state index contributed by atoms with van der Waals surface area (Å²) in [4.78, 5) is 16.6. The molecule has 3 aromatic rings. The zero-order valence-corrected chi connectivity index (χ0v) is 11.7. The molecule has 0 aliphatic rings. The van der Waals surface area contributed by atoms with Crippen LogP contribution in [-0.2, 0) is 7.05 Å². The second-order valence-corrected chi connectivity index (χ2v) is 4.52. The molecule has 3 rings (SSSR count). The third-order valence-electron chi connectivity index (χ3n) is 3.24. The molecule has 0 fully saturated rings. The normalized spacial score (nSPS) is 10.6. The lowest BCUT2D eigenvalue weighted by molar-refractivity contribution is 0.102. The van der Waals surface area contributed by atoms with Crippen LogP contribution in [0.15, 0.2) is 42.7 Å². The Kier molecular flexibility index (Phi) is 3.27. The summed E-state index contributed by atoms with van der Waals surface area (Å²) in [5.74, 6) is 0.301. The summed E-state index contributed by atoms with van der Waals surface area (Å²) in [6, 6.07) is 8.83. The third-order valence-corrected chi connectivity index (χ3v) is 3.24. The Morgan fingerprint density at radius 3 is 2.90 bits per heavy atom. The number of para-hydroxylation sites is 1. The van der Waals surface area contributed by atoms with Crippen LogP contribution in [0.1, 0.15) is 10.4 Å². The zero-order chi connectivity index (χ0) is 14.8. The lowest BCUT2D eigenvalue weighted by Crippen LogP contribution is -2.13. The molecule has 0 spiro atoms. The van der Waals surface area contributed by atoms with Crippen molar-refractivity contribution in [3.05, 3.63) is 48.3 Å². The Hall–Kier alpha value is -2.89. The molecule has 2 heterocycles. The maximum Gasteiger partial charge on any atom is 0.259 e. The molecule has 0 aliphatic heterocycles. The lowest BCUT2D eigenvalue weighted by Gasteiger charge is -2.09. The number of anilines is 1. The van der Waals surface area contributed by atoms with Gasteiger partial charge >= 0.3 is 0 Å². The smallest absolute Gasteiger partial charge is 0.259 e. The van der Waals surface area contributed by atoms with Gasteiger partial charge in [0.15, 0.2) is 5.65 Å². The van der Waals surface area contributed by atoms with Crippen LogP contribution in [0.4, 0.5) is 5.69 Å². The second-order valence-electron chi connectivity index (χ2n) is 4.52. The number of nitrogens with one attached hydrogen (secondary N) is 1. The fourth-order valence-corrected chi connectivity index (χ4v) is 2.18. The van der Waals surface area contributed by atoms with E-state index in [2.05, 4.69) is 15.4 Å². The Bertz CT molecular complexity index is 810. The van der Waals surface area contributed by atoms with Gasteiger partial charge in [-0.25, -0.2) is 4.98 Å². The minimum atomic E-state index is -0.233. The molecule has 6 heteroatoms. The predicted octanol–water partition coefficient (Wildman–Crippen LogP) is 2.23. The highest BCUT2D eigenvalue weighted by Crippen LogP contribution is 2.23. The largest absolute Gasteiger partial charge is 0.496 e. The van der Waals surface area contributed by atoms with Gasteiger partial charge in [-0.2, -0.15) is 5.10 Å². The quantitative estimate of drug-likeness (QED) is 0.799. The number of aryl methyl sites for hydroxylation is 1. The number of pyridine rings is 1. The van der Waals surface area contributed by atoms with E-state index < -0.39 is 0 Å². The van der Waals surface area contributed by atoms with Gasteiger partial charge in [-0.3, -0.25) is 9.48 Å². The standard InChI is InChI=1S/C15H14N4O2/c1-19-14-11(9-17-19)12(7-8-16-14)18-15(20)10-5-3-4-6-13(10)21-2/h3-9H,1-2H3,(H,16,18,20). The molecule has 6 nitrogen and oxygen atoms in total. The van der Waals surface area contributed by atoms with Crippen molar-refractivity contribution in [1.29, 1.82) is 0 Å². The molecule has 21 heavy (non-hydrogen) atoms. The highest BCUT2D eigenvalue weighted by Gasteiger charge is 2.14. The van der Waals surface area contributed by atoms with Crippen molar-refractivity contribution in [2.45, 2.75) is 0 Å². The van der Waals surface area contributed by atoms with Crippen LogP contribution in [0.3, 0.4) is 0 Å². The number of ether oxygens (including phenoxy) is 1. The molecule has 0 unspecified atom stereocenters. The van der Waals surface area contributed by atoms with Crippen molar-refractivity contribution >= 4 is 22.6 Å². The van der Waals surface area contributed by atoms with Gasteiger partial charge in [-0.05, 0) is 18.2 Å². The molecule has 0 aliphatic carbocycles. The number of amides is 1. The van der Waals surface area contributed by atoms with Crippen LogP contribution in [0.2, 0.25) is 0 Å². The summed E-state index contributed by atoms with van der Waals surface area (Å²) in [6.45, 7) is 0. The Morgan fingerprint density at radius 2 is 2.10 bits per heavy atom. The van der Waals surface area contributed by atoms with Crippen molar-refractivity contribution in [2.24, 2.45) is 7.05 Å². The summed E-state index contributed by atoms with van der Waals surface area (Å²) in [7, 11) is 3.35. The fraction of sp³-hybridized carbons (Fsp3) is 0.133. The highest BCUT2D eigenvalue weighted by atomic mass is 16.5. The molecule has 0 saturated carbocycles. The molecular weight excluding hydrogens is 268 g/mol. The Labute approximate surface area is 121 Å². The van der Waals surface area contributed by atoms with Crippen molar-refractivity contribution in [1.82, 2.24) is 14.8 Å². The Balaban J connectivity index is 1.97. The minimum absolute atomic E-state index is 0.233. The van der Waals surface area contributed by atoms with E-state index in [1.54, 1.807) is 48.4 Å². The van der Waals surface area contributed by atoms with Gasteiger partial charge in [0.25, 0.3) is 5.91 Å². The molecule has 0 atom stereocenters. The summed E-state index contributed by atoms with van der Waals surface area (Å²) < 4.78 is 6.87. The number of hydrogen-bond donors (Lipinski definition) is 1. The van der Waals surface area contributed by atoms with Crippen molar-refractivity contribution < 1.29 is 9.53 Å². The number of benzene rings is 1. The topological polar surface area (TPSA) is 69.0 Å². The minimum Gasteiger partial charge on any atom is -0.496 e. The van der Waals surface area contributed by atoms with E-state index in [0.717, 1.165) is 5.39 Å². The van der Waals surface area contributed by atoms with Gasteiger partial charge in [0.1, 0.15) is 5.75 Å². The predicted molar refractivity (Wildman–Crippen MR) is 79.5 cm³/mol. The van der Waals surface area contributed by atoms with Crippen LogP contribution >= 0.6 is 0 Å². The first-order valence-corrected chi connectivity index (χ1v) is 6.42. The summed E-state index contributed by atoms with van der Waals surface area (Å²) in [6.07, 6.45) is 3.32. The van der Waals surface area contributed by atoms with E-state index >= 15 is 0 Å². The number of rotatable bonds is 3. The van der Waals surface area contributed by atoms with Crippen LogP contribution in [0.25, 0.3) is 11.0 Å². The SMILES string of the molecule is COc1ccccc1C(=O)Nc1ccnc2c1cnn2C. The average molecular weight is 282 g/mol. The van der Waals surface area contributed by atoms with Gasteiger partial charge < -0.3 is 10.1 Å². The zero-order valence-electron chi connectivity index (χ0n) is 11.7. The number of carbonyl (C=O) groups excluding carboxylic acids is 1. The maximum atomic E-state index is 12.4. The van der Waals surface area contributed by atoms with E-state index in [4.69, 9.17) is 4.74 Å². The van der Waals surface area contributed by atoms with Crippen LogP contribution in [-0.4, -0.2) is 27.8 Å². The molecule has 1 aromatic carbocycles. The van der Waals surface area contributed by atoms with E-state index in [0.29, 0.717) is 22.6 Å². The van der Waals surface area contributed by atoms with E-state index in [1.165, 1.54) is 7.11 Å². The lowest BCUT2D eigenvalue weighted by atomic mass is 10.2. The monoisotopic (exact) mass is 282 g/mol. The van der Waals surface area contributed by atoms with Crippen LogP contribution in [0, 0.1) is 0 Å². The van der Waals surface area contributed by atoms with Gasteiger partial charge in [0.05, 0.1) is 29.9 Å². The maximum absolute atomic E-state index is 12.4. The first-order chi connectivity index (χ1) is 10.2. The number of fused-ring (bicyclic) bond motifs is 1. The van der Waals surface area contributed by atoms with Crippen molar-refractivity contribution in [3.8, 4) is 5.75 Å². The van der Waals surface area contributed by atoms with E-state index in [1.807, 2.05) is 6.07 Å². The summed E-state index contributed by atoms with van der Waals surface area (Å²) in [5, 5.41) is 7.82. The van der Waals surface area contributed by atoms with E-state index in [-0.39, 0.29) is 5.91 Å². The number of carbonyl (C=O) groups is 1. The number of methoxy groups -OCH3 is 1. The van der Waals surface area contributed by atoms with Gasteiger partial charge in [-0.1, -0.05) is 12.1 Å². The molecule has 0 radical (unpaired) electrons. The average Bonchev–Trinajstić information content (AvgIpc) is 2.90. The number of nitrogens with zero attached hydrogens (tertiary/aromatic N) is 3. The highest BCUT2D eigenvalue weighted by molar-refractivity contribution is 6.09. The Morgan fingerprint density at radius 1 is 1.29 bits per heavy atom. The van der Waals surface area contributed by atoms with Crippen LogP contribution < -0.4 is 10.1 Å². The van der Waals surface area contributed by atoms with Crippen molar-refractivity contribution in [2.75, 3.05) is 12.4 Å². The first kappa shape index (κ1) is 13.1. The molecule has 2 aromatic heterocycles. The molecule has 0 saturated heterocycles. The third kappa shape index (κ3) is 2.31. The van der Waals surface area contributed by atoms with Gasteiger partial charge in [0.2, 0.25) is 0 Å². The molecule has 1 amide bonds. The van der Waals surface area contributed by atoms with Crippen LogP contribution in [0.5, 0.6) is 5.75 Å². The van der Waals surface area contributed by atoms with E-state index in [9.17, 15) is 4.79 Å². The van der Waals surface area contributed by atoms with Gasteiger partial charge in [0, 0.05) is 13.2 Å². The summed E-state index contributed by atoms with van der Waals surface area (Å²) in [5.41, 5.74) is 1.87. The fourth-order valence-electron chi connectivity index (χ4n) is 2.18. The molecule has 106 valence electrons. The molecule has 1 N–H and O–H groups in total. The number of hydrogen-bond acceptors (Lipinski definition) is 4. The molecule has 0 bridgehead atoms. The first-order valence-electron chi connectivity index (χ1n) is 6.42. The number of aromatic nitrogens is 3. The summed E-state index contributed by atoms with van der Waals surface area (Å²) >= 11 is 0. The van der Waals surface area contributed by atoms with Gasteiger partial charge in [-0.15, -0.1) is 0 Å². The molecular formula is C15H14N4O2.